The molecule has 0 unspecified atom stereocenters. The van der Waals surface area contributed by atoms with Gasteiger partial charge in [-0.25, -0.2) is 4.98 Å². The van der Waals surface area contributed by atoms with E-state index in [0.717, 1.165) is 27.6 Å². The highest BCUT2D eigenvalue weighted by molar-refractivity contribution is 7.19. The summed E-state index contributed by atoms with van der Waals surface area (Å²) in [4.78, 5) is 4.68. The van der Waals surface area contributed by atoms with E-state index in [0.29, 0.717) is 0 Å². The monoisotopic (exact) mass is 325 g/mol. The molecule has 0 atom stereocenters. The first-order valence-electron chi connectivity index (χ1n) is 7.38. The van der Waals surface area contributed by atoms with E-state index in [1.54, 1.807) is 25.6 Å². The highest BCUT2D eigenvalue weighted by Gasteiger charge is 2.04. The molecule has 118 valence electrons. The van der Waals surface area contributed by atoms with Crippen molar-refractivity contribution in [3.8, 4) is 11.5 Å². The number of methoxy groups -OCH3 is 2. The Hall–Kier alpha value is -2.33. The first-order chi connectivity index (χ1) is 11.1. The van der Waals surface area contributed by atoms with E-state index < -0.39 is 0 Å². The molecule has 3 rings (SSSR count). The van der Waals surface area contributed by atoms with Gasteiger partial charge in [0.2, 0.25) is 0 Å². The van der Waals surface area contributed by atoms with Crippen molar-refractivity contribution in [1.29, 1.82) is 0 Å². The second-order valence-electron chi connectivity index (χ2n) is 5.44. The number of benzene rings is 2. The van der Waals surface area contributed by atoms with Crippen LogP contribution in [0, 0.1) is 13.8 Å². The smallest absolute Gasteiger partial charge is 0.123 e. The van der Waals surface area contributed by atoms with Crippen molar-refractivity contribution < 1.29 is 9.47 Å². The Kier molecular flexibility index (Phi) is 4.35. The van der Waals surface area contributed by atoms with Crippen molar-refractivity contribution in [2.75, 3.05) is 14.2 Å². The summed E-state index contributed by atoms with van der Waals surface area (Å²) in [6.07, 6.45) is 4.06. The van der Waals surface area contributed by atoms with Crippen LogP contribution in [0.1, 0.15) is 21.7 Å². The normalized spacial score (nSPS) is 11.3. The summed E-state index contributed by atoms with van der Waals surface area (Å²) >= 11 is 1.70. The fraction of sp³-hybridized carbons (Fsp3) is 0.211. The number of nitrogens with zero attached hydrogens (tertiary/aromatic N) is 1. The molecule has 0 saturated carbocycles. The van der Waals surface area contributed by atoms with Gasteiger partial charge in [-0.1, -0.05) is 6.08 Å². The number of aromatic nitrogens is 1. The van der Waals surface area contributed by atoms with Gasteiger partial charge in [-0.05, 0) is 60.9 Å². The molecule has 0 N–H and O–H groups in total. The third-order valence-electron chi connectivity index (χ3n) is 3.81. The molecule has 1 aromatic heterocycles. The van der Waals surface area contributed by atoms with Gasteiger partial charge in [0.15, 0.2) is 0 Å². The Morgan fingerprint density at radius 1 is 0.870 bits per heavy atom. The summed E-state index contributed by atoms with van der Waals surface area (Å²) in [7, 11) is 3.31. The van der Waals surface area contributed by atoms with Gasteiger partial charge in [0.05, 0.1) is 24.4 Å². The van der Waals surface area contributed by atoms with E-state index >= 15 is 0 Å². The van der Waals surface area contributed by atoms with Gasteiger partial charge in [-0.2, -0.15) is 0 Å². The van der Waals surface area contributed by atoms with Crippen molar-refractivity contribution in [3.63, 3.8) is 0 Å². The van der Waals surface area contributed by atoms with E-state index in [2.05, 4.69) is 31.0 Å². The lowest BCUT2D eigenvalue weighted by Gasteiger charge is -2.05. The van der Waals surface area contributed by atoms with Crippen LogP contribution in [0.25, 0.3) is 22.4 Å². The van der Waals surface area contributed by atoms with Gasteiger partial charge >= 0.3 is 0 Å². The molecule has 0 radical (unpaired) electrons. The predicted molar refractivity (Wildman–Crippen MR) is 97.6 cm³/mol. The number of fused-ring (bicyclic) bond motifs is 1. The Morgan fingerprint density at radius 3 is 2.17 bits per heavy atom. The highest BCUT2D eigenvalue weighted by atomic mass is 32.1. The van der Waals surface area contributed by atoms with Crippen LogP contribution < -0.4 is 9.47 Å². The van der Waals surface area contributed by atoms with Crippen LogP contribution >= 0.6 is 11.3 Å². The molecule has 0 aliphatic rings. The molecule has 3 nitrogen and oxygen atoms in total. The summed E-state index contributed by atoms with van der Waals surface area (Å²) in [5, 5.41) is 0.992. The van der Waals surface area contributed by atoms with Gasteiger partial charge in [0.1, 0.15) is 16.5 Å². The summed E-state index contributed by atoms with van der Waals surface area (Å²) < 4.78 is 11.8. The molecule has 2 aromatic carbocycles. The minimum Gasteiger partial charge on any atom is -0.497 e. The summed E-state index contributed by atoms with van der Waals surface area (Å²) in [6, 6.07) is 10.2. The van der Waals surface area contributed by atoms with Gasteiger partial charge in [-0.3, -0.25) is 0 Å². The summed E-state index contributed by atoms with van der Waals surface area (Å²) in [6.45, 7) is 4.25. The second-order valence-corrected chi connectivity index (χ2v) is 6.50. The predicted octanol–water partition coefficient (Wildman–Crippen LogP) is 5.10. The largest absolute Gasteiger partial charge is 0.497 e. The molecular weight excluding hydrogens is 306 g/mol. The Labute approximate surface area is 140 Å². The van der Waals surface area contributed by atoms with Crippen LogP contribution in [-0.4, -0.2) is 19.2 Å². The Morgan fingerprint density at radius 2 is 1.52 bits per heavy atom. The topological polar surface area (TPSA) is 31.4 Å². The van der Waals surface area contributed by atoms with Crippen molar-refractivity contribution in [2.45, 2.75) is 13.8 Å². The zero-order valence-electron chi connectivity index (χ0n) is 13.7. The molecule has 0 aliphatic heterocycles. The molecule has 0 aliphatic carbocycles. The van der Waals surface area contributed by atoms with E-state index in [1.807, 2.05) is 30.4 Å². The standard InChI is InChI=1S/C19H19NO2S/c1-12-7-17-18(8-13(12)2)23-19(20-17)6-5-14-9-15(21-3)11-16(10-14)22-4/h5-11H,1-4H3/b6-5+. The van der Waals surface area contributed by atoms with Crippen molar-refractivity contribution in [2.24, 2.45) is 0 Å². The average molecular weight is 325 g/mol. The molecule has 4 heteroatoms. The number of rotatable bonds is 4. The number of aryl methyl sites for hydroxylation is 2. The Balaban J connectivity index is 1.93. The van der Waals surface area contributed by atoms with Crippen LogP contribution in [0.4, 0.5) is 0 Å². The minimum atomic E-state index is 0.777. The maximum Gasteiger partial charge on any atom is 0.123 e. The molecular formula is C19H19NO2S. The lowest BCUT2D eigenvalue weighted by Crippen LogP contribution is -1.88. The van der Waals surface area contributed by atoms with Crippen LogP contribution in [0.2, 0.25) is 0 Å². The van der Waals surface area contributed by atoms with Gasteiger partial charge in [0.25, 0.3) is 0 Å². The van der Waals surface area contributed by atoms with E-state index in [4.69, 9.17) is 9.47 Å². The van der Waals surface area contributed by atoms with Gasteiger partial charge in [0, 0.05) is 6.07 Å². The lowest BCUT2D eigenvalue weighted by atomic mass is 10.1. The number of hydrogen-bond acceptors (Lipinski definition) is 4. The number of ether oxygens (including phenoxy) is 2. The molecule has 0 bridgehead atoms. The lowest BCUT2D eigenvalue weighted by molar-refractivity contribution is 0.394. The van der Waals surface area contributed by atoms with E-state index in [9.17, 15) is 0 Å². The molecule has 0 spiro atoms. The average Bonchev–Trinajstić information content (AvgIpc) is 2.94. The van der Waals surface area contributed by atoms with Crippen molar-refractivity contribution >= 4 is 33.7 Å². The molecule has 1 heterocycles. The maximum atomic E-state index is 5.30. The van der Waals surface area contributed by atoms with Crippen molar-refractivity contribution in [3.05, 3.63) is 52.0 Å². The van der Waals surface area contributed by atoms with Gasteiger partial charge < -0.3 is 9.47 Å². The molecule has 23 heavy (non-hydrogen) atoms. The first-order valence-corrected chi connectivity index (χ1v) is 8.19. The minimum absolute atomic E-state index is 0.777. The summed E-state index contributed by atoms with van der Waals surface area (Å²) in [5.74, 6) is 1.55. The molecule has 3 aromatic rings. The van der Waals surface area contributed by atoms with Crippen molar-refractivity contribution in [1.82, 2.24) is 4.98 Å². The number of hydrogen-bond donors (Lipinski definition) is 0. The van der Waals surface area contributed by atoms with Gasteiger partial charge in [-0.15, -0.1) is 11.3 Å². The zero-order valence-corrected chi connectivity index (χ0v) is 14.5. The van der Waals surface area contributed by atoms with E-state index in [-0.39, 0.29) is 0 Å². The fourth-order valence-electron chi connectivity index (χ4n) is 2.36. The van der Waals surface area contributed by atoms with Crippen LogP contribution in [0.3, 0.4) is 0 Å². The molecule has 0 amide bonds. The molecule has 0 saturated heterocycles. The summed E-state index contributed by atoms with van der Waals surface area (Å²) in [5.41, 5.74) is 4.65. The fourth-order valence-corrected chi connectivity index (χ4v) is 3.31. The SMILES string of the molecule is COc1cc(/C=C/c2nc3cc(C)c(C)cc3s2)cc(OC)c1. The third kappa shape index (κ3) is 3.37. The number of thiazole rings is 1. The quantitative estimate of drug-likeness (QED) is 0.668. The molecule has 0 fully saturated rings. The first kappa shape index (κ1) is 15.6. The van der Waals surface area contributed by atoms with E-state index in [1.165, 1.54) is 15.8 Å². The van der Waals surface area contributed by atoms with Crippen LogP contribution in [-0.2, 0) is 0 Å². The third-order valence-corrected chi connectivity index (χ3v) is 4.80. The Bertz CT molecular complexity index is 819. The maximum absolute atomic E-state index is 5.30. The second kappa shape index (κ2) is 6.42. The zero-order chi connectivity index (χ0) is 16.4. The van der Waals surface area contributed by atoms with Crippen LogP contribution in [0.5, 0.6) is 11.5 Å². The highest BCUT2D eigenvalue weighted by Crippen LogP contribution is 2.28. The van der Waals surface area contributed by atoms with Crippen LogP contribution in [0.15, 0.2) is 30.3 Å².